The van der Waals surface area contributed by atoms with Crippen LogP contribution in [0.5, 0.6) is 0 Å². The van der Waals surface area contributed by atoms with Crippen molar-refractivity contribution in [2.75, 3.05) is 0 Å². The second-order valence-corrected chi connectivity index (χ2v) is 5.94. The van der Waals surface area contributed by atoms with Crippen LogP contribution in [-0.4, -0.2) is 6.18 Å². The summed E-state index contributed by atoms with van der Waals surface area (Å²) in [6, 6.07) is 4.85. The third-order valence-corrected chi connectivity index (χ3v) is 4.25. The fourth-order valence-corrected chi connectivity index (χ4v) is 2.92. The first-order valence-electron chi connectivity index (χ1n) is 7.03. The maximum absolute atomic E-state index is 13.4. The van der Waals surface area contributed by atoms with Crippen LogP contribution < -0.4 is 0 Å². The van der Waals surface area contributed by atoms with Gasteiger partial charge in [-0.2, -0.15) is 13.2 Å². The fourth-order valence-electron chi connectivity index (χ4n) is 2.81. The molecule has 1 fully saturated rings. The predicted molar refractivity (Wildman–Crippen MR) is 75.9 cm³/mol. The molecule has 0 nitrogen and oxygen atoms in total. The quantitative estimate of drug-likeness (QED) is 0.455. The zero-order chi connectivity index (χ0) is 15.5. The topological polar surface area (TPSA) is 0 Å². The molecule has 0 aromatic heterocycles. The van der Waals surface area contributed by atoms with Crippen molar-refractivity contribution in [1.29, 1.82) is 0 Å². The number of benzene rings is 1. The van der Waals surface area contributed by atoms with Crippen molar-refractivity contribution in [2.24, 2.45) is 5.92 Å². The van der Waals surface area contributed by atoms with Gasteiger partial charge in [0.2, 0.25) is 0 Å². The lowest BCUT2D eigenvalue weighted by atomic mass is 9.78. The predicted octanol–water partition coefficient (Wildman–Crippen LogP) is 6.26. The summed E-state index contributed by atoms with van der Waals surface area (Å²) in [5.41, 5.74) is 0.926. The van der Waals surface area contributed by atoms with Gasteiger partial charge in [-0.05, 0) is 55.2 Å². The molecule has 0 atom stereocenters. The van der Waals surface area contributed by atoms with E-state index in [1.54, 1.807) is 12.1 Å². The van der Waals surface area contributed by atoms with E-state index in [1.165, 1.54) is 12.1 Å². The molecule has 1 saturated carbocycles. The van der Waals surface area contributed by atoms with Crippen LogP contribution in [0.15, 0.2) is 30.4 Å². The highest BCUT2D eigenvalue weighted by molar-refractivity contribution is 6.30. The van der Waals surface area contributed by atoms with Gasteiger partial charge in [0.1, 0.15) is 5.82 Å². The minimum atomic E-state index is -4.13. The van der Waals surface area contributed by atoms with Crippen LogP contribution in [0.4, 0.5) is 17.6 Å². The smallest absolute Gasteiger partial charge is 0.205 e. The molecule has 0 radical (unpaired) electrons. The third kappa shape index (κ3) is 5.03. The summed E-state index contributed by atoms with van der Waals surface area (Å²) in [5, 5.41) is 0.113. The zero-order valence-electron chi connectivity index (χ0n) is 11.5. The van der Waals surface area contributed by atoms with Crippen LogP contribution in [0.25, 0.3) is 0 Å². The molecule has 1 aliphatic rings. The van der Waals surface area contributed by atoms with Gasteiger partial charge in [-0.3, -0.25) is 0 Å². The van der Waals surface area contributed by atoms with Crippen molar-refractivity contribution in [3.8, 4) is 0 Å². The number of hydrogen-bond donors (Lipinski definition) is 0. The van der Waals surface area contributed by atoms with Gasteiger partial charge in [0.15, 0.2) is 0 Å². The summed E-state index contributed by atoms with van der Waals surface area (Å²) < 4.78 is 49.6. The highest BCUT2D eigenvalue weighted by atomic mass is 35.5. The first-order chi connectivity index (χ1) is 9.85. The summed E-state index contributed by atoms with van der Waals surface area (Å²) in [6.07, 6.45) is 1.29. The Morgan fingerprint density at radius 2 is 1.81 bits per heavy atom. The van der Waals surface area contributed by atoms with Crippen LogP contribution >= 0.6 is 11.6 Å². The molecule has 1 aliphatic carbocycles. The highest BCUT2D eigenvalue weighted by Crippen LogP contribution is 2.37. The molecule has 0 heterocycles. The molecule has 0 amide bonds. The van der Waals surface area contributed by atoms with Gasteiger partial charge in [-0.1, -0.05) is 29.8 Å². The minimum absolute atomic E-state index is 0.113. The number of halogens is 5. The van der Waals surface area contributed by atoms with Gasteiger partial charge in [0.05, 0.1) is 11.4 Å². The summed E-state index contributed by atoms with van der Waals surface area (Å²) in [4.78, 5) is 0. The first kappa shape index (κ1) is 16.3. The van der Waals surface area contributed by atoms with Crippen LogP contribution in [0.2, 0.25) is 5.02 Å². The molecule has 5 heteroatoms. The van der Waals surface area contributed by atoms with Crippen molar-refractivity contribution in [3.63, 3.8) is 0 Å². The molecule has 0 bridgehead atoms. The van der Waals surface area contributed by atoms with Gasteiger partial charge in [0.25, 0.3) is 0 Å². The average Bonchev–Trinajstić information content (AvgIpc) is 2.41. The van der Waals surface area contributed by atoms with E-state index < -0.39 is 18.4 Å². The second kappa shape index (κ2) is 6.82. The van der Waals surface area contributed by atoms with Crippen molar-refractivity contribution in [1.82, 2.24) is 0 Å². The molecular weight excluding hydrogens is 304 g/mol. The number of allylic oxidation sites excluding steroid dienone is 2. The van der Waals surface area contributed by atoms with E-state index in [2.05, 4.69) is 0 Å². The van der Waals surface area contributed by atoms with Crippen LogP contribution in [0.1, 0.15) is 43.6 Å². The van der Waals surface area contributed by atoms with E-state index in [1.807, 2.05) is 6.07 Å². The monoisotopic (exact) mass is 320 g/mol. The molecule has 1 aromatic carbocycles. The lowest BCUT2D eigenvalue weighted by molar-refractivity contribution is -0.125. The Hall–Kier alpha value is -1.03. The Bertz CT molecular complexity index is 499. The Morgan fingerprint density at radius 1 is 1.14 bits per heavy atom. The molecule has 2 rings (SSSR count). The maximum Gasteiger partial charge on any atom is 0.392 e. The fraction of sp³-hybridized carbons (Fsp3) is 0.500. The van der Waals surface area contributed by atoms with Gasteiger partial charge >= 0.3 is 6.18 Å². The second-order valence-electron chi connectivity index (χ2n) is 5.53. The lowest BCUT2D eigenvalue weighted by Crippen LogP contribution is -2.12. The molecule has 21 heavy (non-hydrogen) atoms. The SMILES string of the molecule is Fc1cc(C2CCC(/C=C/CC(F)(F)F)CC2)ccc1Cl. The lowest BCUT2D eigenvalue weighted by Gasteiger charge is -2.27. The largest absolute Gasteiger partial charge is 0.392 e. The Labute approximate surface area is 126 Å². The number of alkyl halides is 3. The van der Waals surface area contributed by atoms with Crippen molar-refractivity contribution < 1.29 is 17.6 Å². The van der Waals surface area contributed by atoms with Gasteiger partial charge in [-0.15, -0.1) is 0 Å². The van der Waals surface area contributed by atoms with E-state index in [4.69, 9.17) is 11.6 Å². The van der Waals surface area contributed by atoms with Crippen molar-refractivity contribution in [2.45, 2.75) is 44.2 Å². The average molecular weight is 321 g/mol. The van der Waals surface area contributed by atoms with E-state index in [0.717, 1.165) is 31.2 Å². The Kier molecular flexibility index (Phi) is 5.31. The first-order valence-corrected chi connectivity index (χ1v) is 7.41. The normalized spacial score (nSPS) is 23.7. The van der Waals surface area contributed by atoms with Gasteiger partial charge in [-0.25, -0.2) is 4.39 Å². The summed E-state index contributed by atoms with van der Waals surface area (Å²) in [6.45, 7) is 0. The molecule has 0 spiro atoms. The minimum Gasteiger partial charge on any atom is -0.205 e. The van der Waals surface area contributed by atoms with Crippen LogP contribution in [0.3, 0.4) is 0 Å². The standard InChI is InChI=1S/C16H17ClF4/c17-14-8-7-13(10-15(14)18)12-5-3-11(4-6-12)2-1-9-16(19,20)21/h1-2,7-8,10-12H,3-6,9H2/b2-1+. The number of rotatable bonds is 3. The maximum atomic E-state index is 13.4. The molecule has 0 N–H and O–H groups in total. The molecule has 1 aromatic rings. The molecule has 0 saturated heterocycles. The van der Waals surface area contributed by atoms with Gasteiger partial charge in [0, 0.05) is 0 Å². The third-order valence-electron chi connectivity index (χ3n) is 3.94. The van der Waals surface area contributed by atoms with E-state index in [-0.39, 0.29) is 16.9 Å². The Morgan fingerprint density at radius 3 is 2.38 bits per heavy atom. The molecule has 0 unspecified atom stereocenters. The van der Waals surface area contributed by atoms with Crippen LogP contribution in [0, 0.1) is 11.7 Å². The summed E-state index contributed by atoms with van der Waals surface area (Å²) in [5.74, 6) is 0.0474. The van der Waals surface area contributed by atoms with Gasteiger partial charge < -0.3 is 0 Å². The number of hydrogen-bond acceptors (Lipinski definition) is 0. The molecule has 0 aliphatic heterocycles. The van der Waals surface area contributed by atoms with E-state index >= 15 is 0 Å². The van der Waals surface area contributed by atoms with E-state index in [0.29, 0.717) is 0 Å². The van der Waals surface area contributed by atoms with Crippen LogP contribution in [-0.2, 0) is 0 Å². The van der Waals surface area contributed by atoms with Crippen molar-refractivity contribution >= 4 is 11.6 Å². The van der Waals surface area contributed by atoms with E-state index in [9.17, 15) is 17.6 Å². The highest BCUT2D eigenvalue weighted by Gasteiger charge is 2.25. The zero-order valence-corrected chi connectivity index (χ0v) is 12.2. The summed E-state index contributed by atoms with van der Waals surface area (Å²) in [7, 11) is 0. The molecular formula is C16H17ClF4. The Balaban J connectivity index is 1.87. The molecule has 116 valence electrons. The van der Waals surface area contributed by atoms with Crippen molar-refractivity contribution in [3.05, 3.63) is 46.8 Å². The summed E-state index contributed by atoms with van der Waals surface area (Å²) >= 11 is 5.66.